The summed E-state index contributed by atoms with van der Waals surface area (Å²) in [4.78, 5) is 5.94. The average Bonchev–Trinajstić information content (AvgIpc) is 3.09. The molecule has 0 radical (unpaired) electrons. The van der Waals surface area contributed by atoms with Crippen molar-refractivity contribution < 1.29 is 24.2 Å². The van der Waals surface area contributed by atoms with Crippen LogP contribution in [0.15, 0.2) is 60.7 Å². The third-order valence-electron chi connectivity index (χ3n) is 5.34. The van der Waals surface area contributed by atoms with E-state index in [9.17, 15) is 5.11 Å². The quantitative estimate of drug-likeness (QED) is 0.806. The first-order valence-electron chi connectivity index (χ1n) is 10.1. The summed E-state index contributed by atoms with van der Waals surface area (Å²) < 4.78 is 18.2. The molecule has 6 heteroatoms. The van der Waals surface area contributed by atoms with Crippen molar-refractivity contribution in [3.8, 4) is 0 Å². The molecule has 4 atom stereocenters. The fraction of sp³-hybridized carbons (Fsp3) is 0.478. The van der Waals surface area contributed by atoms with E-state index in [0.29, 0.717) is 19.8 Å². The van der Waals surface area contributed by atoms with E-state index < -0.39 is 18.0 Å². The zero-order valence-electron chi connectivity index (χ0n) is 16.9. The Morgan fingerprint density at radius 1 is 1.00 bits per heavy atom. The molecule has 1 N–H and O–H groups in total. The molecule has 2 aromatic rings. The molecule has 0 unspecified atom stereocenters. The molecular weight excluding hydrogens is 370 g/mol. The molecule has 6 nitrogen and oxygen atoms in total. The second-order valence-electron chi connectivity index (χ2n) is 8.04. The molecule has 156 valence electrons. The van der Waals surface area contributed by atoms with Crippen LogP contribution in [0.2, 0.25) is 0 Å². The number of nitrogens with zero attached hydrogens (tertiary/aromatic N) is 1. The van der Waals surface area contributed by atoms with Gasteiger partial charge in [-0.1, -0.05) is 60.7 Å². The number of aliphatic hydroxyl groups is 1. The third-order valence-corrected chi connectivity index (χ3v) is 5.34. The second kappa shape index (κ2) is 8.92. The third kappa shape index (κ3) is 5.04. The molecular formula is C23H29NO5. The molecule has 0 bridgehead atoms. The van der Waals surface area contributed by atoms with Crippen molar-refractivity contribution in [3.63, 3.8) is 0 Å². The fourth-order valence-corrected chi connectivity index (χ4v) is 3.92. The Morgan fingerprint density at radius 3 is 2.28 bits per heavy atom. The summed E-state index contributed by atoms with van der Waals surface area (Å²) >= 11 is 0. The van der Waals surface area contributed by atoms with Crippen LogP contribution in [0.4, 0.5) is 0 Å². The number of hydrogen-bond acceptors (Lipinski definition) is 6. The van der Waals surface area contributed by atoms with Crippen LogP contribution >= 0.6 is 0 Å². The van der Waals surface area contributed by atoms with Gasteiger partial charge in [-0.15, -0.1) is 0 Å². The lowest BCUT2D eigenvalue weighted by atomic mass is 9.97. The van der Waals surface area contributed by atoms with Crippen molar-refractivity contribution in [1.82, 2.24) is 5.06 Å². The van der Waals surface area contributed by atoms with Gasteiger partial charge in [-0.3, -0.25) is 4.84 Å². The molecule has 2 fully saturated rings. The Morgan fingerprint density at radius 2 is 1.66 bits per heavy atom. The van der Waals surface area contributed by atoms with Crippen LogP contribution < -0.4 is 0 Å². The van der Waals surface area contributed by atoms with E-state index in [0.717, 1.165) is 11.1 Å². The lowest BCUT2D eigenvalue weighted by Crippen LogP contribution is -2.61. The maximum Gasteiger partial charge on any atom is 0.163 e. The molecule has 0 aliphatic carbocycles. The monoisotopic (exact) mass is 399 g/mol. The Balaban J connectivity index is 1.55. The van der Waals surface area contributed by atoms with Crippen molar-refractivity contribution >= 4 is 0 Å². The predicted molar refractivity (Wildman–Crippen MR) is 108 cm³/mol. The van der Waals surface area contributed by atoms with Crippen molar-refractivity contribution in [2.75, 3.05) is 13.2 Å². The van der Waals surface area contributed by atoms with Crippen LogP contribution in [-0.4, -0.2) is 53.5 Å². The van der Waals surface area contributed by atoms with E-state index in [1.807, 2.05) is 67.4 Å². The second-order valence-corrected chi connectivity index (χ2v) is 8.04. The number of ether oxygens (including phenoxy) is 3. The lowest BCUT2D eigenvalue weighted by Gasteiger charge is -2.44. The van der Waals surface area contributed by atoms with Gasteiger partial charge in [0.05, 0.1) is 25.9 Å². The van der Waals surface area contributed by atoms with E-state index in [1.165, 1.54) is 0 Å². The van der Waals surface area contributed by atoms with Gasteiger partial charge in [0.2, 0.25) is 0 Å². The van der Waals surface area contributed by atoms with Gasteiger partial charge in [0.15, 0.2) is 5.79 Å². The molecule has 2 heterocycles. The summed E-state index contributed by atoms with van der Waals surface area (Å²) in [6, 6.07) is 19.8. The maximum atomic E-state index is 10.7. The highest BCUT2D eigenvalue weighted by molar-refractivity contribution is 5.15. The number of benzene rings is 2. The van der Waals surface area contributed by atoms with E-state index in [2.05, 4.69) is 12.1 Å². The van der Waals surface area contributed by atoms with Gasteiger partial charge < -0.3 is 19.3 Å². The van der Waals surface area contributed by atoms with E-state index in [-0.39, 0.29) is 18.8 Å². The molecule has 2 aliphatic heterocycles. The minimum Gasteiger partial charge on any atom is -0.388 e. The predicted octanol–water partition coefficient (Wildman–Crippen LogP) is 2.90. The summed E-state index contributed by atoms with van der Waals surface area (Å²) in [6.07, 6.45) is -1.48. The van der Waals surface area contributed by atoms with Crippen LogP contribution in [0.25, 0.3) is 0 Å². The van der Waals surface area contributed by atoms with E-state index >= 15 is 0 Å². The van der Waals surface area contributed by atoms with Crippen molar-refractivity contribution in [1.29, 1.82) is 0 Å². The standard InChI is InChI=1S/C23H29NO5/c1-23(2)27-16-20(29-23)21-22(26-14-18-11-7-4-8-12-18)19(25)15-28-24(21)13-17-9-5-3-6-10-17/h3-12,19-22,25H,13-16H2,1-2H3/t19-,20+,21+,22+/m0/s1. The SMILES string of the molecule is CC1(C)OC[C@H]([C@@H]2[C@H](OCc3ccccc3)[C@@H](O)CON2Cc2ccccc2)O1. The van der Waals surface area contributed by atoms with Gasteiger partial charge in [-0.05, 0) is 25.0 Å². The van der Waals surface area contributed by atoms with Crippen LogP contribution in [-0.2, 0) is 32.2 Å². The Labute approximate surface area is 171 Å². The largest absolute Gasteiger partial charge is 0.388 e. The highest BCUT2D eigenvalue weighted by Crippen LogP contribution is 2.32. The molecule has 0 spiro atoms. The molecule has 2 saturated heterocycles. The molecule has 2 aliphatic rings. The summed E-state index contributed by atoms with van der Waals surface area (Å²) in [5.74, 6) is -0.671. The van der Waals surface area contributed by atoms with Crippen LogP contribution in [0.3, 0.4) is 0 Å². The van der Waals surface area contributed by atoms with Crippen LogP contribution in [0.1, 0.15) is 25.0 Å². The van der Waals surface area contributed by atoms with E-state index in [1.54, 1.807) is 0 Å². The minimum atomic E-state index is -0.747. The van der Waals surface area contributed by atoms with Crippen LogP contribution in [0.5, 0.6) is 0 Å². The number of hydroxylamine groups is 2. The summed E-state index contributed by atoms with van der Waals surface area (Å²) in [5.41, 5.74) is 2.18. The van der Waals surface area contributed by atoms with Gasteiger partial charge in [0, 0.05) is 6.54 Å². The van der Waals surface area contributed by atoms with Crippen molar-refractivity contribution in [3.05, 3.63) is 71.8 Å². The number of aliphatic hydroxyl groups excluding tert-OH is 1. The van der Waals surface area contributed by atoms with Gasteiger partial charge in [0.1, 0.15) is 18.3 Å². The molecule has 0 saturated carbocycles. The molecule has 4 rings (SSSR count). The molecule has 2 aromatic carbocycles. The molecule has 29 heavy (non-hydrogen) atoms. The average molecular weight is 399 g/mol. The topological polar surface area (TPSA) is 60.4 Å². The Hall–Kier alpha value is -1.80. The summed E-state index contributed by atoms with van der Waals surface area (Å²) in [7, 11) is 0. The normalized spacial score (nSPS) is 29.8. The van der Waals surface area contributed by atoms with Gasteiger partial charge in [-0.25, -0.2) is 0 Å². The lowest BCUT2D eigenvalue weighted by molar-refractivity contribution is -0.304. The Kier molecular flexibility index (Phi) is 6.29. The number of rotatable bonds is 6. The van der Waals surface area contributed by atoms with E-state index in [4.69, 9.17) is 19.0 Å². The zero-order chi connectivity index (χ0) is 20.3. The molecule has 0 aromatic heterocycles. The highest BCUT2D eigenvalue weighted by atomic mass is 16.8. The summed E-state index contributed by atoms with van der Waals surface area (Å²) in [6.45, 7) is 5.38. The number of hydrogen-bond donors (Lipinski definition) is 1. The summed E-state index contributed by atoms with van der Waals surface area (Å²) in [5, 5.41) is 12.6. The minimum absolute atomic E-state index is 0.180. The van der Waals surface area contributed by atoms with Crippen LogP contribution in [0, 0.1) is 0 Å². The first-order valence-corrected chi connectivity index (χ1v) is 10.1. The van der Waals surface area contributed by atoms with Gasteiger partial charge in [0.25, 0.3) is 0 Å². The van der Waals surface area contributed by atoms with Gasteiger partial charge in [-0.2, -0.15) is 5.06 Å². The fourth-order valence-electron chi connectivity index (χ4n) is 3.92. The first kappa shape index (κ1) is 20.5. The zero-order valence-corrected chi connectivity index (χ0v) is 16.9. The maximum absolute atomic E-state index is 10.7. The van der Waals surface area contributed by atoms with Gasteiger partial charge >= 0.3 is 0 Å². The van der Waals surface area contributed by atoms with Crippen molar-refractivity contribution in [2.24, 2.45) is 0 Å². The van der Waals surface area contributed by atoms with Crippen molar-refractivity contribution in [2.45, 2.75) is 57.1 Å². The first-order chi connectivity index (χ1) is 14.0. The molecule has 0 amide bonds. The Bertz CT molecular complexity index is 769. The highest BCUT2D eigenvalue weighted by Gasteiger charge is 2.49. The smallest absolute Gasteiger partial charge is 0.163 e.